The van der Waals surface area contributed by atoms with E-state index in [0.717, 1.165) is 28.1 Å². The average Bonchev–Trinajstić information content (AvgIpc) is 2.78. The minimum absolute atomic E-state index is 0.0692. The van der Waals surface area contributed by atoms with Gasteiger partial charge >= 0.3 is 0 Å². The molecule has 2 aromatic rings. The van der Waals surface area contributed by atoms with Crippen molar-refractivity contribution in [3.05, 3.63) is 65.7 Å². The number of nitrogens with one attached hydrogen (secondary N) is 1. The number of anilines is 1. The summed E-state index contributed by atoms with van der Waals surface area (Å²) in [6.45, 7) is 7.89. The van der Waals surface area contributed by atoms with E-state index < -0.39 is 22.0 Å². The third kappa shape index (κ3) is 7.32. The van der Waals surface area contributed by atoms with Gasteiger partial charge in [-0.15, -0.1) is 0 Å². The van der Waals surface area contributed by atoms with Gasteiger partial charge < -0.3 is 10.2 Å². The van der Waals surface area contributed by atoms with Crippen molar-refractivity contribution in [3.63, 3.8) is 0 Å². The van der Waals surface area contributed by atoms with Crippen LogP contribution in [0.25, 0.3) is 0 Å². The van der Waals surface area contributed by atoms with Crippen LogP contribution in [0.3, 0.4) is 0 Å². The normalized spacial score (nSPS) is 12.3. The maximum absolute atomic E-state index is 13.5. The summed E-state index contributed by atoms with van der Waals surface area (Å²) in [4.78, 5) is 27.7. The van der Waals surface area contributed by atoms with E-state index in [4.69, 9.17) is 0 Å². The summed E-state index contributed by atoms with van der Waals surface area (Å²) in [5.74, 6) is -0.642. The Bertz CT molecular complexity index is 1040. The molecule has 7 nitrogen and oxygen atoms in total. The fourth-order valence-electron chi connectivity index (χ4n) is 3.56. The van der Waals surface area contributed by atoms with E-state index in [-0.39, 0.29) is 24.9 Å². The number of carbonyl (C=O) groups excluding carboxylic acids is 2. The maximum Gasteiger partial charge on any atom is 0.244 e. The first-order valence-corrected chi connectivity index (χ1v) is 13.1. The molecule has 0 aliphatic heterocycles. The summed E-state index contributed by atoms with van der Waals surface area (Å²) >= 11 is 0. The maximum atomic E-state index is 13.5. The highest BCUT2D eigenvalue weighted by Crippen LogP contribution is 2.29. The fourth-order valence-corrected chi connectivity index (χ4v) is 4.42. The quantitative estimate of drug-likeness (QED) is 0.541. The minimum Gasteiger partial charge on any atom is -0.354 e. The smallest absolute Gasteiger partial charge is 0.244 e. The lowest BCUT2D eigenvalue weighted by Crippen LogP contribution is -2.51. The van der Waals surface area contributed by atoms with E-state index in [0.29, 0.717) is 12.2 Å². The van der Waals surface area contributed by atoms with Gasteiger partial charge in [0.1, 0.15) is 12.6 Å². The molecule has 180 valence electrons. The Kier molecular flexibility index (Phi) is 9.46. The van der Waals surface area contributed by atoms with Crippen LogP contribution in [0.1, 0.15) is 51.2 Å². The zero-order chi connectivity index (χ0) is 24.6. The summed E-state index contributed by atoms with van der Waals surface area (Å²) in [6, 6.07) is 15.8. The number of hydrogen-bond donors (Lipinski definition) is 1. The number of para-hydroxylation sites is 1. The Balaban J connectivity index is 2.41. The van der Waals surface area contributed by atoms with Crippen molar-refractivity contribution in [2.75, 3.05) is 23.7 Å². The van der Waals surface area contributed by atoms with Gasteiger partial charge in [-0.1, -0.05) is 69.3 Å². The average molecular weight is 474 g/mol. The molecule has 1 atom stereocenters. The number of benzene rings is 2. The van der Waals surface area contributed by atoms with Crippen molar-refractivity contribution in [1.82, 2.24) is 10.2 Å². The standard InChI is InChI=1S/C25H35N3O4S/c1-6-16-26-25(30)20(4)27(17-21-12-8-7-9-13-21)24(29)18-28(33(5,31)32)23-15-11-10-14-22(23)19(2)3/h7-15,19-20H,6,16-18H2,1-5H3,(H,26,30)/t20-/m1/s1. The number of rotatable bonds is 11. The van der Waals surface area contributed by atoms with Gasteiger partial charge in [0.05, 0.1) is 11.9 Å². The molecule has 0 spiro atoms. The van der Waals surface area contributed by atoms with E-state index in [9.17, 15) is 18.0 Å². The summed E-state index contributed by atoms with van der Waals surface area (Å²) < 4.78 is 26.6. The highest BCUT2D eigenvalue weighted by molar-refractivity contribution is 7.92. The zero-order valence-electron chi connectivity index (χ0n) is 20.1. The molecule has 0 unspecified atom stereocenters. The SMILES string of the molecule is CCCNC(=O)[C@@H](C)N(Cc1ccccc1)C(=O)CN(c1ccccc1C(C)C)S(C)(=O)=O. The van der Waals surface area contributed by atoms with Crippen LogP contribution in [0, 0.1) is 0 Å². The predicted octanol–water partition coefficient (Wildman–Crippen LogP) is 3.52. The Labute approximate surface area is 197 Å². The van der Waals surface area contributed by atoms with E-state index in [1.807, 2.05) is 63.2 Å². The first-order valence-electron chi connectivity index (χ1n) is 11.2. The lowest BCUT2D eigenvalue weighted by Gasteiger charge is -2.32. The van der Waals surface area contributed by atoms with Crippen LogP contribution in [0.15, 0.2) is 54.6 Å². The third-order valence-electron chi connectivity index (χ3n) is 5.42. The Morgan fingerprint density at radius 1 is 0.970 bits per heavy atom. The number of carbonyl (C=O) groups is 2. The molecule has 0 heterocycles. The molecular weight excluding hydrogens is 438 g/mol. The van der Waals surface area contributed by atoms with Crippen LogP contribution in [-0.2, 0) is 26.2 Å². The molecule has 2 amide bonds. The van der Waals surface area contributed by atoms with Crippen LogP contribution < -0.4 is 9.62 Å². The number of nitrogens with zero attached hydrogens (tertiary/aromatic N) is 2. The van der Waals surface area contributed by atoms with Gasteiger partial charge in [-0.2, -0.15) is 0 Å². The van der Waals surface area contributed by atoms with Crippen LogP contribution >= 0.6 is 0 Å². The topological polar surface area (TPSA) is 86.8 Å². The fraction of sp³-hybridized carbons (Fsp3) is 0.440. The van der Waals surface area contributed by atoms with Gasteiger partial charge in [0, 0.05) is 13.1 Å². The van der Waals surface area contributed by atoms with Crippen molar-refractivity contribution in [3.8, 4) is 0 Å². The molecule has 0 aliphatic rings. The van der Waals surface area contributed by atoms with Gasteiger partial charge in [0.25, 0.3) is 0 Å². The highest BCUT2D eigenvalue weighted by atomic mass is 32.2. The lowest BCUT2D eigenvalue weighted by atomic mass is 10.0. The van der Waals surface area contributed by atoms with Crippen LogP contribution in [-0.4, -0.2) is 50.5 Å². The molecule has 33 heavy (non-hydrogen) atoms. The first kappa shape index (κ1) is 26.4. The van der Waals surface area contributed by atoms with Crippen molar-refractivity contribution < 1.29 is 18.0 Å². The molecule has 0 saturated carbocycles. The molecule has 2 aromatic carbocycles. The Morgan fingerprint density at radius 3 is 2.15 bits per heavy atom. The predicted molar refractivity (Wildman–Crippen MR) is 132 cm³/mol. The van der Waals surface area contributed by atoms with E-state index >= 15 is 0 Å². The second kappa shape index (κ2) is 11.8. The molecule has 0 aromatic heterocycles. The highest BCUT2D eigenvalue weighted by Gasteiger charge is 2.30. The molecule has 8 heteroatoms. The largest absolute Gasteiger partial charge is 0.354 e. The van der Waals surface area contributed by atoms with Crippen molar-refractivity contribution >= 4 is 27.5 Å². The molecule has 2 rings (SSSR count). The van der Waals surface area contributed by atoms with E-state index in [1.54, 1.807) is 19.1 Å². The lowest BCUT2D eigenvalue weighted by molar-refractivity contribution is -0.139. The third-order valence-corrected chi connectivity index (χ3v) is 6.55. The van der Waals surface area contributed by atoms with E-state index in [2.05, 4.69) is 5.32 Å². The summed E-state index contributed by atoms with van der Waals surface area (Å²) in [6.07, 6.45) is 1.87. The minimum atomic E-state index is -3.75. The van der Waals surface area contributed by atoms with Crippen LogP contribution in [0.4, 0.5) is 5.69 Å². The van der Waals surface area contributed by atoms with Crippen molar-refractivity contribution in [1.29, 1.82) is 0 Å². The van der Waals surface area contributed by atoms with Gasteiger partial charge in [0.15, 0.2) is 0 Å². The molecule has 0 aliphatic carbocycles. The van der Waals surface area contributed by atoms with E-state index in [1.165, 1.54) is 4.90 Å². The molecule has 0 bridgehead atoms. The number of amides is 2. The Hall–Kier alpha value is -2.87. The van der Waals surface area contributed by atoms with Gasteiger partial charge in [-0.3, -0.25) is 13.9 Å². The summed E-state index contributed by atoms with van der Waals surface area (Å²) in [7, 11) is -3.75. The van der Waals surface area contributed by atoms with Crippen molar-refractivity contribution in [2.45, 2.75) is 52.6 Å². The first-order chi connectivity index (χ1) is 15.6. The molecule has 0 saturated heterocycles. The van der Waals surface area contributed by atoms with Gasteiger partial charge in [-0.25, -0.2) is 8.42 Å². The number of hydrogen-bond acceptors (Lipinski definition) is 4. The Morgan fingerprint density at radius 2 is 1.58 bits per heavy atom. The van der Waals surface area contributed by atoms with Gasteiger partial charge in [-0.05, 0) is 36.5 Å². The zero-order valence-corrected chi connectivity index (χ0v) is 20.9. The van der Waals surface area contributed by atoms with Crippen LogP contribution in [0.5, 0.6) is 0 Å². The molecule has 1 N–H and O–H groups in total. The van der Waals surface area contributed by atoms with Crippen LogP contribution in [0.2, 0.25) is 0 Å². The molecule has 0 radical (unpaired) electrons. The second-order valence-electron chi connectivity index (χ2n) is 8.46. The number of sulfonamides is 1. The molecular formula is C25H35N3O4S. The summed E-state index contributed by atoms with van der Waals surface area (Å²) in [5.41, 5.74) is 2.17. The van der Waals surface area contributed by atoms with Gasteiger partial charge in [0.2, 0.25) is 21.8 Å². The second-order valence-corrected chi connectivity index (χ2v) is 10.4. The van der Waals surface area contributed by atoms with Crippen molar-refractivity contribution in [2.24, 2.45) is 0 Å². The summed E-state index contributed by atoms with van der Waals surface area (Å²) in [5, 5.41) is 2.83. The molecule has 0 fully saturated rings. The monoisotopic (exact) mass is 473 g/mol.